The Hall–Kier alpha value is -2.74. The summed E-state index contributed by atoms with van der Waals surface area (Å²) in [6.45, 7) is -1.64. The molecule has 0 saturated heterocycles. The van der Waals surface area contributed by atoms with Crippen molar-refractivity contribution in [3.63, 3.8) is 0 Å². The molecular weight excluding hydrogens is 375 g/mol. The van der Waals surface area contributed by atoms with Crippen molar-refractivity contribution in [2.75, 3.05) is 5.32 Å². The molecule has 0 radical (unpaired) electrons. The van der Waals surface area contributed by atoms with Gasteiger partial charge in [0.05, 0.1) is 10.6 Å². The first-order valence-electron chi connectivity index (χ1n) is 7.28. The van der Waals surface area contributed by atoms with Crippen LogP contribution in [0.25, 0.3) is 0 Å². The number of anilines is 1. The Morgan fingerprint density at radius 3 is 2.35 bits per heavy atom. The summed E-state index contributed by atoms with van der Waals surface area (Å²) < 4.78 is 46.4. The Kier molecular flexibility index (Phi) is 6.46. The number of halogens is 4. The predicted octanol–water partition coefficient (Wildman–Crippen LogP) is 4.26. The first-order valence-corrected chi connectivity index (χ1v) is 7.66. The lowest BCUT2D eigenvalue weighted by Gasteiger charge is -2.14. The maximum atomic E-state index is 13.1. The van der Waals surface area contributed by atoms with Gasteiger partial charge in [-0.1, -0.05) is 11.6 Å². The number of benzene rings is 2. The zero-order chi connectivity index (χ0) is 19.3. The fraction of sp³-hybridized carbons (Fsp3) is 0.176. The second kappa shape index (κ2) is 8.57. The molecule has 1 atom stereocenters. The molecule has 26 heavy (non-hydrogen) atoms. The fourth-order valence-electron chi connectivity index (χ4n) is 1.87. The topological polar surface area (TPSA) is 64.6 Å². The minimum absolute atomic E-state index is 0.0519. The summed E-state index contributed by atoms with van der Waals surface area (Å²) >= 11 is 5.62. The van der Waals surface area contributed by atoms with E-state index in [0.717, 1.165) is 6.07 Å². The Balaban J connectivity index is 1.94. The summed E-state index contributed by atoms with van der Waals surface area (Å²) in [4.78, 5) is 24.0. The SMILES string of the molecule is C[C@@H](OC(=O)c1ccc(OC(F)F)cc1)C(=O)Nc1ccc(F)c(Cl)c1. The minimum atomic E-state index is -2.98. The molecule has 0 aliphatic heterocycles. The van der Waals surface area contributed by atoms with Gasteiger partial charge in [0, 0.05) is 5.69 Å². The second-order valence-electron chi connectivity index (χ2n) is 5.07. The molecule has 0 saturated carbocycles. The van der Waals surface area contributed by atoms with Gasteiger partial charge in [-0.15, -0.1) is 0 Å². The Morgan fingerprint density at radius 1 is 1.12 bits per heavy atom. The number of hydrogen-bond acceptors (Lipinski definition) is 4. The van der Waals surface area contributed by atoms with Crippen LogP contribution < -0.4 is 10.1 Å². The normalized spacial score (nSPS) is 11.8. The highest BCUT2D eigenvalue weighted by atomic mass is 35.5. The van der Waals surface area contributed by atoms with Gasteiger partial charge in [0.2, 0.25) is 0 Å². The molecule has 2 aromatic carbocycles. The van der Waals surface area contributed by atoms with E-state index in [9.17, 15) is 22.8 Å². The van der Waals surface area contributed by atoms with Crippen molar-refractivity contribution >= 4 is 29.2 Å². The minimum Gasteiger partial charge on any atom is -0.449 e. The maximum absolute atomic E-state index is 13.1. The number of carbonyl (C=O) groups excluding carboxylic acids is 2. The van der Waals surface area contributed by atoms with E-state index in [1.54, 1.807) is 0 Å². The predicted molar refractivity (Wildman–Crippen MR) is 88.0 cm³/mol. The summed E-state index contributed by atoms with van der Waals surface area (Å²) in [5.41, 5.74) is 0.286. The van der Waals surface area contributed by atoms with Crippen LogP contribution in [0, 0.1) is 5.82 Å². The third kappa shape index (κ3) is 5.38. The zero-order valence-corrected chi connectivity index (χ0v) is 14.1. The van der Waals surface area contributed by atoms with E-state index in [2.05, 4.69) is 10.1 Å². The zero-order valence-electron chi connectivity index (χ0n) is 13.3. The molecule has 5 nitrogen and oxygen atoms in total. The monoisotopic (exact) mass is 387 g/mol. The van der Waals surface area contributed by atoms with Crippen molar-refractivity contribution in [2.45, 2.75) is 19.6 Å². The van der Waals surface area contributed by atoms with Gasteiger partial charge < -0.3 is 14.8 Å². The lowest BCUT2D eigenvalue weighted by molar-refractivity contribution is -0.123. The van der Waals surface area contributed by atoms with Gasteiger partial charge in [-0.25, -0.2) is 9.18 Å². The first kappa shape index (κ1) is 19.6. The third-order valence-corrected chi connectivity index (χ3v) is 3.45. The number of esters is 1. The van der Waals surface area contributed by atoms with E-state index in [1.807, 2.05) is 0 Å². The van der Waals surface area contributed by atoms with Gasteiger partial charge in [0.1, 0.15) is 11.6 Å². The van der Waals surface area contributed by atoms with Crippen molar-refractivity contribution in [3.8, 4) is 5.75 Å². The van der Waals surface area contributed by atoms with Crippen LogP contribution in [0.4, 0.5) is 18.9 Å². The Labute approximate surface area is 151 Å². The molecule has 2 rings (SSSR count). The van der Waals surface area contributed by atoms with Crippen molar-refractivity contribution in [1.82, 2.24) is 0 Å². The average molecular weight is 388 g/mol. The van der Waals surface area contributed by atoms with Crippen molar-refractivity contribution < 1.29 is 32.2 Å². The number of nitrogens with one attached hydrogen (secondary N) is 1. The maximum Gasteiger partial charge on any atom is 0.387 e. The summed E-state index contributed by atoms with van der Waals surface area (Å²) in [7, 11) is 0. The van der Waals surface area contributed by atoms with E-state index >= 15 is 0 Å². The number of ether oxygens (including phenoxy) is 2. The summed E-state index contributed by atoms with van der Waals surface area (Å²) in [6, 6.07) is 8.40. The highest BCUT2D eigenvalue weighted by Gasteiger charge is 2.19. The number of amides is 1. The van der Waals surface area contributed by atoms with Crippen LogP contribution in [0.15, 0.2) is 42.5 Å². The molecule has 2 aromatic rings. The number of hydrogen-bond donors (Lipinski definition) is 1. The van der Waals surface area contributed by atoms with Gasteiger partial charge in [-0.05, 0) is 49.4 Å². The molecule has 0 aliphatic rings. The van der Waals surface area contributed by atoms with Gasteiger partial charge >= 0.3 is 12.6 Å². The average Bonchev–Trinajstić information content (AvgIpc) is 2.58. The van der Waals surface area contributed by atoms with Gasteiger partial charge in [0.25, 0.3) is 5.91 Å². The molecule has 0 aromatic heterocycles. The Bertz CT molecular complexity index is 799. The van der Waals surface area contributed by atoms with E-state index < -0.39 is 30.4 Å². The van der Waals surface area contributed by atoms with Crippen LogP contribution in [0.3, 0.4) is 0 Å². The number of carbonyl (C=O) groups is 2. The van der Waals surface area contributed by atoms with E-state index in [-0.39, 0.29) is 22.0 Å². The van der Waals surface area contributed by atoms with Crippen LogP contribution in [-0.2, 0) is 9.53 Å². The summed E-state index contributed by atoms with van der Waals surface area (Å²) in [5.74, 6) is -2.23. The third-order valence-electron chi connectivity index (χ3n) is 3.16. The van der Waals surface area contributed by atoms with E-state index in [1.165, 1.54) is 43.3 Å². The van der Waals surface area contributed by atoms with Gasteiger partial charge in [-0.2, -0.15) is 8.78 Å². The Morgan fingerprint density at radius 2 is 1.77 bits per heavy atom. The summed E-state index contributed by atoms with van der Waals surface area (Å²) in [5, 5.41) is 2.26. The van der Waals surface area contributed by atoms with Crippen LogP contribution >= 0.6 is 11.6 Å². The molecule has 0 heterocycles. The van der Waals surface area contributed by atoms with Crippen molar-refractivity contribution in [2.24, 2.45) is 0 Å². The van der Waals surface area contributed by atoms with Crippen LogP contribution in [0.5, 0.6) is 5.75 Å². The van der Waals surface area contributed by atoms with E-state index in [0.29, 0.717) is 0 Å². The summed E-state index contributed by atoms with van der Waals surface area (Å²) in [6.07, 6.45) is -1.16. The van der Waals surface area contributed by atoms with E-state index in [4.69, 9.17) is 16.3 Å². The largest absolute Gasteiger partial charge is 0.449 e. The molecule has 0 fully saturated rings. The molecule has 0 spiro atoms. The van der Waals surface area contributed by atoms with Crippen LogP contribution in [-0.4, -0.2) is 24.6 Å². The second-order valence-corrected chi connectivity index (χ2v) is 5.48. The highest BCUT2D eigenvalue weighted by molar-refractivity contribution is 6.31. The molecule has 9 heteroatoms. The number of alkyl halides is 2. The lowest BCUT2D eigenvalue weighted by Crippen LogP contribution is -2.30. The highest BCUT2D eigenvalue weighted by Crippen LogP contribution is 2.20. The molecule has 0 aliphatic carbocycles. The smallest absolute Gasteiger partial charge is 0.387 e. The van der Waals surface area contributed by atoms with Crippen LogP contribution in [0.2, 0.25) is 5.02 Å². The lowest BCUT2D eigenvalue weighted by atomic mass is 10.2. The van der Waals surface area contributed by atoms with Crippen molar-refractivity contribution in [1.29, 1.82) is 0 Å². The molecule has 1 amide bonds. The fourth-order valence-corrected chi connectivity index (χ4v) is 2.05. The van der Waals surface area contributed by atoms with Gasteiger partial charge in [-0.3, -0.25) is 4.79 Å². The van der Waals surface area contributed by atoms with Crippen LogP contribution in [0.1, 0.15) is 17.3 Å². The first-order chi connectivity index (χ1) is 12.3. The quantitative estimate of drug-likeness (QED) is 0.752. The molecule has 1 N–H and O–H groups in total. The van der Waals surface area contributed by atoms with Crippen molar-refractivity contribution in [3.05, 3.63) is 58.9 Å². The number of rotatable bonds is 6. The van der Waals surface area contributed by atoms with Gasteiger partial charge in [0.15, 0.2) is 6.10 Å². The molecular formula is C17H13ClF3NO4. The molecule has 0 bridgehead atoms. The molecule has 138 valence electrons. The molecule has 0 unspecified atom stereocenters. The standard InChI is InChI=1S/C17H13ClF3NO4/c1-9(15(23)22-11-4-7-14(19)13(18)8-11)25-16(24)10-2-5-12(6-3-10)26-17(20)21/h2-9,17H,1H3,(H,22,23)/t9-/m1/s1.